The van der Waals surface area contributed by atoms with Crippen molar-refractivity contribution in [1.29, 1.82) is 0 Å². The van der Waals surface area contributed by atoms with Crippen LogP contribution in [0.2, 0.25) is 0 Å². The summed E-state index contributed by atoms with van der Waals surface area (Å²) < 4.78 is 13.0. The van der Waals surface area contributed by atoms with Crippen molar-refractivity contribution in [2.24, 2.45) is 23.2 Å². The summed E-state index contributed by atoms with van der Waals surface area (Å²) in [5, 5.41) is 11.0. The Kier molecular flexibility index (Phi) is 10.2. The number of hydrogen-bond donors (Lipinski definition) is 1. The minimum Gasteiger partial charge on any atom is -0.504 e. The van der Waals surface area contributed by atoms with E-state index in [1.54, 1.807) is 0 Å². The van der Waals surface area contributed by atoms with Gasteiger partial charge in [-0.1, -0.05) is 99.0 Å². The monoisotopic (exact) mass is 472 g/mol. The van der Waals surface area contributed by atoms with E-state index in [9.17, 15) is 5.11 Å². The molecular weight excluding hydrogens is 420 g/mol. The van der Waals surface area contributed by atoms with Crippen LogP contribution in [0, 0.1) is 23.2 Å². The quantitative estimate of drug-likeness (QED) is 0.345. The van der Waals surface area contributed by atoms with Crippen LogP contribution in [0.15, 0.2) is 18.2 Å². The summed E-state index contributed by atoms with van der Waals surface area (Å²) in [6, 6.07) is 6.14. The molecule has 2 saturated carbocycles. The second-order valence-electron chi connectivity index (χ2n) is 12.9. The lowest BCUT2D eigenvalue weighted by molar-refractivity contribution is -0.139. The summed E-state index contributed by atoms with van der Waals surface area (Å²) in [5.74, 6) is 3.05. The average Bonchev–Trinajstić information content (AvgIpc) is 2.79. The highest BCUT2D eigenvalue weighted by atomic mass is 16.7. The highest BCUT2D eigenvalue weighted by molar-refractivity contribution is 5.43. The zero-order valence-electron chi connectivity index (χ0n) is 22.9. The summed E-state index contributed by atoms with van der Waals surface area (Å²) in [6.07, 6.45) is 14.7. The van der Waals surface area contributed by atoms with E-state index < -0.39 is 0 Å². The fraction of sp³-hybridized carbons (Fsp3) is 0.806. The molecule has 3 unspecified atom stereocenters. The zero-order valence-corrected chi connectivity index (χ0v) is 22.9. The first-order valence-electron chi connectivity index (χ1n) is 14.3. The fourth-order valence-corrected chi connectivity index (χ4v) is 5.98. The van der Waals surface area contributed by atoms with Gasteiger partial charge in [-0.25, -0.2) is 0 Å². The molecule has 0 amide bonds. The molecule has 1 N–H and O–H groups in total. The van der Waals surface area contributed by atoms with E-state index in [-0.39, 0.29) is 17.5 Å². The zero-order chi connectivity index (χ0) is 24.7. The molecule has 0 aromatic heterocycles. The Morgan fingerprint density at radius 3 is 2.09 bits per heavy atom. The number of phenols is 1. The number of phenolic OH excluding ortho intramolecular Hbond substituents is 1. The maximum absolute atomic E-state index is 11.0. The number of rotatable bonds is 10. The number of benzene rings is 1. The van der Waals surface area contributed by atoms with Gasteiger partial charge in [-0.3, -0.25) is 0 Å². The Balaban J connectivity index is 1.75. The maximum Gasteiger partial charge on any atom is 0.200 e. The molecule has 0 spiro atoms. The van der Waals surface area contributed by atoms with Crippen LogP contribution in [0.4, 0.5) is 0 Å². The molecule has 34 heavy (non-hydrogen) atoms. The van der Waals surface area contributed by atoms with Crippen LogP contribution in [-0.2, 0) is 4.74 Å². The lowest BCUT2D eigenvalue weighted by Crippen LogP contribution is -2.31. The van der Waals surface area contributed by atoms with Gasteiger partial charge < -0.3 is 14.6 Å². The molecule has 0 radical (unpaired) electrons. The molecule has 3 atom stereocenters. The van der Waals surface area contributed by atoms with E-state index in [4.69, 9.17) is 9.47 Å². The molecule has 2 aliphatic rings. The van der Waals surface area contributed by atoms with Crippen molar-refractivity contribution in [3.05, 3.63) is 23.8 Å². The van der Waals surface area contributed by atoms with E-state index in [0.29, 0.717) is 35.5 Å². The van der Waals surface area contributed by atoms with Gasteiger partial charge in [0, 0.05) is 6.42 Å². The first-order valence-corrected chi connectivity index (χ1v) is 14.3. The van der Waals surface area contributed by atoms with Crippen LogP contribution in [0.3, 0.4) is 0 Å². The van der Waals surface area contributed by atoms with Gasteiger partial charge in [-0.2, -0.15) is 0 Å². The normalized spacial score (nSPS) is 21.4. The third kappa shape index (κ3) is 8.47. The second kappa shape index (κ2) is 12.7. The van der Waals surface area contributed by atoms with Crippen LogP contribution in [0.1, 0.15) is 130 Å². The lowest BCUT2D eigenvalue weighted by atomic mass is 9.72. The molecule has 3 rings (SSSR count). The molecule has 194 valence electrons. The second-order valence-corrected chi connectivity index (χ2v) is 12.9. The van der Waals surface area contributed by atoms with Crippen LogP contribution in [0.25, 0.3) is 0 Å². The molecule has 0 heterocycles. The van der Waals surface area contributed by atoms with Gasteiger partial charge in [-0.05, 0) is 66.0 Å². The van der Waals surface area contributed by atoms with E-state index in [1.165, 1.54) is 56.9 Å². The number of aromatic hydroxyl groups is 1. The van der Waals surface area contributed by atoms with Crippen LogP contribution < -0.4 is 4.74 Å². The first kappa shape index (κ1) is 27.4. The van der Waals surface area contributed by atoms with Crippen molar-refractivity contribution < 1.29 is 14.6 Å². The third-order valence-electron chi connectivity index (χ3n) is 8.34. The SMILES string of the molecule is CC(C)C(C)C(CC(C)(C)C)c1ccc(OC(CC2CCCCC2)OC2CCCCC2)c(O)c1. The molecular formula is C31H52O3. The van der Waals surface area contributed by atoms with Crippen molar-refractivity contribution >= 4 is 0 Å². The van der Waals surface area contributed by atoms with Gasteiger partial charge in [0.25, 0.3) is 0 Å². The topological polar surface area (TPSA) is 38.7 Å². The number of ether oxygens (including phenoxy) is 2. The molecule has 0 aliphatic heterocycles. The highest BCUT2D eigenvalue weighted by Gasteiger charge is 2.29. The molecule has 3 nitrogen and oxygen atoms in total. The molecule has 1 aromatic rings. The molecule has 0 saturated heterocycles. The molecule has 3 heteroatoms. The Morgan fingerprint density at radius 2 is 1.53 bits per heavy atom. The van der Waals surface area contributed by atoms with E-state index in [0.717, 1.165) is 25.7 Å². The first-order chi connectivity index (χ1) is 16.1. The van der Waals surface area contributed by atoms with Crippen molar-refractivity contribution in [3.63, 3.8) is 0 Å². The van der Waals surface area contributed by atoms with Gasteiger partial charge in [-0.15, -0.1) is 0 Å². The smallest absolute Gasteiger partial charge is 0.200 e. The van der Waals surface area contributed by atoms with Crippen molar-refractivity contribution in [2.75, 3.05) is 0 Å². The largest absolute Gasteiger partial charge is 0.504 e. The van der Waals surface area contributed by atoms with Gasteiger partial charge in [0.05, 0.1) is 6.10 Å². The summed E-state index contributed by atoms with van der Waals surface area (Å²) in [5.41, 5.74) is 1.45. The Hall–Kier alpha value is -1.22. The maximum atomic E-state index is 11.0. The number of hydrogen-bond acceptors (Lipinski definition) is 3. The van der Waals surface area contributed by atoms with Gasteiger partial charge >= 0.3 is 0 Å². The predicted octanol–water partition coefficient (Wildman–Crippen LogP) is 9.23. The van der Waals surface area contributed by atoms with Gasteiger partial charge in [0.1, 0.15) is 0 Å². The van der Waals surface area contributed by atoms with Gasteiger partial charge in [0.2, 0.25) is 6.29 Å². The van der Waals surface area contributed by atoms with Crippen LogP contribution >= 0.6 is 0 Å². The fourth-order valence-electron chi connectivity index (χ4n) is 5.98. The van der Waals surface area contributed by atoms with Crippen molar-refractivity contribution in [3.8, 4) is 11.5 Å². The average molecular weight is 473 g/mol. The van der Waals surface area contributed by atoms with Crippen molar-refractivity contribution in [1.82, 2.24) is 0 Å². The molecule has 0 bridgehead atoms. The molecule has 1 aromatic carbocycles. The van der Waals surface area contributed by atoms with Crippen LogP contribution in [-0.4, -0.2) is 17.5 Å². The summed E-state index contributed by atoms with van der Waals surface area (Å²) in [4.78, 5) is 0. The summed E-state index contributed by atoms with van der Waals surface area (Å²) >= 11 is 0. The summed E-state index contributed by atoms with van der Waals surface area (Å²) in [6.45, 7) is 13.9. The van der Waals surface area contributed by atoms with E-state index >= 15 is 0 Å². The van der Waals surface area contributed by atoms with Crippen molar-refractivity contribution in [2.45, 2.75) is 137 Å². The summed E-state index contributed by atoms with van der Waals surface area (Å²) in [7, 11) is 0. The lowest BCUT2D eigenvalue weighted by Gasteiger charge is -2.33. The third-order valence-corrected chi connectivity index (χ3v) is 8.34. The van der Waals surface area contributed by atoms with Gasteiger partial charge in [0.15, 0.2) is 11.5 Å². The van der Waals surface area contributed by atoms with Crippen LogP contribution in [0.5, 0.6) is 11.5 Å². The Morgan fingerprint density at radius 1 is 0.912 bits per heavy atom. The molecule has 2 aliphatic carbocycles. The predicted molar refractivity (Wildman–Crippen MR) is 142 cm³/mol. The highest BCUT2D eigenvalue weighted by Crippen LogP contribution is 2.42. The minimum absolute atomic E-state index is 0.234. The molecule has 2 fully saturated rings. The standard InChI is InChI=1S/C31H52O3/c1-22(2)23(3)27(21-31(4,5)6)25-17-18-29(28(32)20-25)34-30(19-24-13-9-7-10-14-24)33-26-15-11-8-12-16-26/h17-18,20,22-24,26-27,30,32H,7-16,19,21H2,1-6H3. The van der Waals surface area contributed by atoms with E-state index in [2.05, 4.69) is 47.6 Å². The van der Waals surface area contributed by atoms with E-state index in [1.807, 2.05) is 12.1 Å². The minimum atomic E-state index is -0.261. The Bertz CT molecular complexity index is 703. The Labute approximate surface area is 210 Å².